The van der Waals surface area contributed by atoms with Gasteiger partial charge in [0.1, 0.15) is 0 Å². The summed E-state index contributed by atoms with van der Waals surface area (Å²) in [6, 6.07) is 10.1. The SMILES string of the molecule is C=CCc1cc2ccccc2n1Cl. The van der Waals surface area contributed by atoms with E-state index in [0.29, 0.717) is 0 Å². The molecule has 0 aliphatic rings. The van der Waals surface area contributed by atoms with Crippen LogP contribution in [0.3, 0.4) is 0 Å². The predicted molar refractivity (Wildman–Crippen MR) is 57.1 cm³/mol. The molecule has 0 atom stereocenters. The van der Waals surface area contributed by atoms with Crippen molar-refractivity contribution in [3.8, 4) is 0 Å². The van der Waals surface area contributed by atoms with Crippen LogP contribution >= 0.6 is 11.8 Å². The third-order valence-corrected chi connectivity index (χ3v) is 2.48. The molecule has 2 rings (SSSR count). The number of rotatable bonds is 2. The quantitative estimate of drug-likeness (QED) is 0.642. The Kier molecular flexibility index (Phi) is 2.11. The van der Waals surface area contributed by atoms with Crippen LogP contribution in [0, 0.1) is 0 Å². The minimum atomic E-state index is 0.804. The molecule has 0 saturated heterocycles. The van der Waals surface area contributed by atoms with E-state index in [1.165, 1.54) is 5.39 Å². The van der Waals surface area contributed by atoms with Gasteiger partial charge in [-0.25, -0.2) is 0 Å². The number of para-hydroxylation sites is 1. The van der Waals surface area contributed by atoms with E-state index in [1.807, 2.05) is 24.3 Å². The second kappa shape index (κ2) is 3.27. The van der Waals surface area contributed by atoms with Gasteiger partial charge in [0.05, 0.1) is 5.52 Å². The number of aromatic nitrogens is 1. The summed E-state index contributed by atoms with van der Waals surface area (Å²) in [7, 11) is 0. The molecule has 0 aliphatic heterocycles. The van der Waals surface area contributed by atoms with Crippen LogP contribution < -0.4 is 0 Å². The van der Waals surface area contributed by atoms with Crippen molar-refractivity contribution in [3.63, 3.8) is 0 Å². The molecule has 0 unspecified atom stereocenters. The Hall–Kier alpha value is -1.21. The van der Waals surface area contributed by atoms with Gasteiger partial charge < -0.3 is 0 Å². The largest absolute Gasteiger partial charge is 0.257 e. The Balaban J connectivity index is 2.66. The maximum absolute atomic E-state index is 6.10. The first-order valence-corrected chi connectivity index (χ1v) is 4.53. The molecule has 66 valence electrons. The van der Waals surface area contributed by atoms with Crippen molar-refractivity contribution < 1.29 is 0 Å². The summed E-state index contributed by atoms with van der Waals surface area (Å²) >= 11 is 6.10. The van der Waals surface area contributed by atoms with Crippen LogP contribution in [0.4, 0.5) is 0 Å². The molecular weight excluding hydrogens is 182 g/mol. The van der Waals surface area contributed by atoms with E-state index in [2.05, 4.69) is 18.7 Å². The fourth-order valence-corrected chi connectivity index (χ4v) is 1.74. The van der Waals surface area contributed by atoms with Gasteiger partial charge in [-0.2, -0.15) is 0 Å². The van der Waals surface area contributed by atoms with Gasteiger partial charge in [0, 0.05) is 29.3 Å². The Labute approximate surface area is 82.4 Å². The highest BCUT2D eigenvalue weighted by atomic mass is 35.5. The Morgan fingerprint density at radius 1 is 1.38 bits per heavy atom. The Morgan fingerprint density at radius 3 is 2.85 bits per heavy atom. The van der Waals surface area contributed by atoms with Crippen LogP contribution in [0.15, 0.2) is 43.0 Å². The Bertz CT molecular complexity index is 442. The van der Waals surface area contributed by atoms with Gasteiger partial charge in [-0.15, -0.1) is 6.58 Å². The molecule has 1 nitrogen and oxygen atoms in total. The summed E-state index contributed by atoms with van der Waals surface area (Å²) in [4.78, 5) is 0. The normalized spacial score (nSPS) is 10.5. The van der Waals surface area contributed by atoms with Gasteiger partial charge in [0.2, 0.25) is 0 Å². The molecule has 0 saturated carbocycles. The second-order valence-corrected chi connectivity index (χ2v) is 3.31. The van der Waals surface area contributed by atoms with Crippen molar-refractivity contribution in [2.75, 3.05) is 0 Å². The zero-order valence-corrected chi connectivity index (χ0v) is 7.96. The van der Waals surface area contributed by atoms with Crippen molar-refractivity contribution in [2.45, 2.75) is 6.42 Å². The lowest BCUT2D eigenvalue weighted by Crippen LogP contribution is -1.87. The topological polar surface area (TPSA) is 4.93 Å². The first-order chi connectivity index (χ1) is 6.33. The van der Waals surface area contributed by atoms with E-state index in [-0.39, 0.29) is 0 Å². The molecule has 2 heteroatoms. The summed E-state index contributed by atoms with van der Waals surface area (Å²) in [5.41, 5.74) is 2.14. The molecule has 2 aromatic rings. The molecule has 1 heterocycles. The molecule has 0 bridgehead atoms. The maximum Gasteiger partial charge on any atom is 0.0650 e. The summed E-state index contributed by atoms with van der Waals surface area (Å²) in [6.45, 7) is 3.70. The van der Waals surface area contributed by atoms with Crippen LogP contribution in [0.25, 0.3) is 10.9 Å². The summed E-state index contributed by atoms with van der Waals surface area (Å²) in [5, 5.41) is 1.18. The highest BCUT2D eigenvalue weighted by molar-refractivity contribution is 6.19. The third-order valence-electron chi connectivity index (χ3n) is 2.08. The zero-order chi connectivity index (χ0) is 9.26. The van der Waals surface area contributed by atoms with Crippen LogP contribution in [0.2, 0.25) is 0 Å². The monoisotopic (exact) mass is 191 g/mol. The molecule has 1 aromatic heterocycles. The molecule has 13 heavy (non-hydrogen) atoms. The van der Waals surface area contributed by atoms with Crippen molar-refractivity contribution in [3.05, 3.63) is 48.7 Å². The van der Waals surface area contributed by atoms with Gasteiger partial charge in [-0.1, -0.05) is 24.3 Å². The number of hydrogen-bond acceptors (Lipinski definition) is 0. The highest BCUT2D eigenvalue weighted by Crippen LogP contribution is 2.21. The predicted octanol–water partition coefficient (Wildman–Crippen LogP) is 3.37. The zero-order valence-electron chi connectivity index (χ0n) is 7.20. The number of hydrogen-bond donors (Lipinski definition) is 0. The van der Waals surface area contributed by atoms with Gasteiger partial charge >= 0.3 is 0 Å². The van der Waals surface area contributed by atoms with Crippen LogP contribution in [-0.4, -0.2) is 4.09 Å². The van der Waals surface area contributed by atoms with Gasteiger partial charge in [0.15, 0.2) is 0 Å². The van der Waals surface area contributed by atoms with Crippen LogP contribution in [0.1, 0.15) is 5.69 Å². The minimum absolute atomic E-state index is 0.804. The first kappa shape index (κ1) is 8.39. The standard InChI is InChI=1S/C11H10ClN/c1-2-5-10-8-9-6-3-4-7-11(9)13(10)12/h2-4,6-8H,1,5H2. The average Bonchev–Trinajstić information content (AvgIpc) is 2.46. The van der Waals surface area contributed by atoms with Gasteiger partial charge in [-0.05, 0) is 12.1 Å². The van der Waals surface area contributed by atoms with Crippen molar-refractivity contribution >= 4 is 22.7 Å². The van der Waals surface area contributed by atoms with Crippen molar-refractivity contribution in [1.29, 1.82) is 0 Å². The fraction of sp³-hybridized carbons (Fsp3) is 0.0909. The summed E-state index contributed by atoms with van der Waals surface area (Å²) in [5.74, 6) is 0. The molecule has 0 fully saturated rings. The number of nitrogens with zero attached hydrogens (tertiary/aromatic N) is 1. The van der Waals surface area contributed by atoms with Gasteiger partial charge in [-0.3, -0.25) is 4.09 Å². The van der Waals surface area contributed by atoms with Crippen LogP contribution in [0.5, 0.6) is 0 Å². The molecule has 0 spiro atoms. The van der Waals surface area contributed by atoms with E-state index in [0.717, 1.165) is 17.6 Å². The first-order valence-electron chi connectivity index (χ1n) is 4.19. The van der Waals surface area contributed by atoms with E-state index in [4.69, 9.17) is 11.8 Å². The lowest BCUT2D eigenvalue weighted by Gasteiger charge is -1.96. The average molecular weight is 192 g/mol. The van der Waals surface area contributed by atoms with E-state index in [9.17, 15) is 0 Å². The smallest absolute Gasteiger partial charge is 0.0650 e. The molecule has 0 N–H and O–H groups in total. The number of benzene rings is 1. The van der Waals surface area contributed by atoms with E-state index in [1.54, 1.807) is 4.09 Å². The maximum atomic E-state index is 6.10. The second-order valence-electron chi connectivity index (χ2n) is 2.97. The van der Waals surface area contributed by atoms with Crippen molar-refractivity contribution in [1.82, 2.24) is 4.09 Å². The third kappa shape index (κ3) is 1.36. The molecular formula is C11H10ClN. The highest BCUT2D eigenvalue weighted by Gasteiger charge is 2.03. The number of fused-ring (bicyclic) bond motifs is 1. The summed E-state index contributed by atoms with van der Waals surface area (Å²) < 4.78 is 1.69. The molecule has 0 radical (unpaired) electrons. The molecule has 0 amide bonds. The lowest BCUT2D eigenvalue weighted by molar-refractivity contribution is 1.11. The molecule has 1 aromatic carbocycles. The number of halogens is 1. The van der Waals surface area contributed by atoms with Crippen LogP contribution in [-0.2, 0) is 6.42 Å². The van der Waals surface area contributed by atoms with E-state index >= 15 is 0 Å². The molecule has 0 aliphatic carbocycles. The van der Waals surface area contributed by atoms with Gasteiger partial charge in [0.25, 0.3) is 0 Å². The Morgan fingerprint density at radius 2 is 2.15 bits per heavy atom. The van der Waals surface area contributed by atoms with Crippen molar-refractivity contribution in [2.24, 2.45) is 0 Å². The lowest BCUT2D eigenvalue weighted by atomic mass is 10.2. The number of allylic oxidation sites excluding steroid dienone is 1. The van der Waals surface area contributed by atoms with E-state index < -0.39 is 0 Å². The minimum Gasteiger partial charge on any atom is -0.257 e. The summed E-state index contributed by atoms with van der Waals surface area (Å²) in [6.07, 6.45) is 2.66. The fourth-order valence-electron chi connectivity index (χ4n) is 1.47.